The summed E-state index contributed by atoms with van der Waals surface area (Å²) in [5, 5.41) is 10.8. The van der Waals surface area contributed by atoms with Crippen molar-refractivity contribution in [3.8, 4) is 5.75 Å². The maximum absolute atomic E-state index is 9.73. The number of benzene rings is 2. The number of rotatable bonds is 1. The minimum Gasteiger partial charge on any atom is -0.508 e. The number of hydrogen-bond donors (Lipinski definition) is 1. The summed E-state index contributed by atoms with van der Waals surface area (Å²) < 4.78 is 0. The summed E-state index contributed by atoms with van der Waals surface area (Å²) in [6, 6.07) is 11.2. The van der Waals surface area contributed by atoms with Crippen LogP contribution in [0.25, 0.3) is 0 Å². The fourth-order valence-corrected chi connectivity index (χ4v) is 2.94. The maximum atomic E-state index is 9.73. The Morgan fingerprint density at radius 2 is 1.77 bits per heavy atom. The molecule has 22 heavy (non-hydrogen) atoms. The third-order valence-electron chi connectivity index (χ3n) is 3.71. The first-order valence-corrected chi connectivity index (χ1v) is 7.53. The van der Waals surface area contributed by atoms with Gasteiger partial charge >= 0.3 is 0 Å². The van der Waals surface area contributed by atoms with Gasteiger partial charge in [0.25, 0.3) is 0 Å². The van der Waals surface area contributed by atoms with Crippen molar-refractivity contribution in [3.63, 3.8) is 0 Å². The fourth-order valence-electron chi connectivity index (χ4n) is 2.64. The van der Waals surface area contributed by atoms with Gasteiger partial charge in [0.2, 0.25) is 0 Å². The van der Waals surface area contributed by atoms with Gasteiger partial charge in [0, 0.05) is 31.0 Å². The van der Waals surface area contributed by atoms with E-state index < -0.39 is 0 Å². The van der Waals surface area contributed by atoms with Crippen LogP contribution in [0.15, 0.2) is 36.4 Å². The largest absolute Gasteiger partial charge is 0.508 e. The molecule has 2 aromatic rings. The lowest BCUT2D eigenvalue weighted by Crippen LogP contribution is -2.26. The lowest BCUT2D eigenvalue weighted by Gasteiger charge is -2.25. The zero-order valence-electron chi connectivity index (χ0n) is 12.1. The standard InChI is InChI=1S/C16H16Cl2N2O.ClH/c1-19-6-7-20(12-2-4-14(17)15(18)9-12)16-5-3-13(21)8-11(16)10-19;/h2-5,8-9,21H,6-7,10H2,1H3;1H. The van der Waals surface area contributed by atoms with Gasteiger partial charge in [-0.2, -0.15) is 0 Å². The Balaban J connectivity index is 0.00000176. The molecule has 1 aliphatic rings. The lowest BCUT2D eigenvalue weighted by atomic mass is 10.1. The van der Waals surface area contributed by atoms with Crippen LogP contribution in [-0.2, 0) is 6.54 Å². The molecular formula is C16H17Cl3N2O. The van der Waals surface area contributed by atoms with Crippen molar-refractivity contribution in [1.29, 1.82) is 0 Å². The zero-order chi connectivity index (χ0) is 15.0. The van der Waals surface area contributed by atoms with Crippen LogP contribution in [0.1, 0.15) is 5.56 Å². The molecule has 6 heteroatoms. The second-order valence-electron chi connectivity index (χ2n) is 5.30. The van der Waals surface area contributed by atoms with Crippen LogP contribution in [0, 0.1) is 0 Å². The number of hydrogen-bond acceptors (Lipinski definition) is 3. The molecule has 0 radical (unpaired) electrons. The summed E-state index contributed by atoms with van der Waals surface area (Å²) >= 11 is 12.2. The normalized spacial score (nSPS) is 15.0. The average molecular weight is 360 g/mol. The van der Waals surface area contributed by atoms with E-state index in [0.717, 1.165) is 36.6 Å². The molecule has 0 spiro atoms. The first-order chi connectivity index (χ1) is 10.0. The Kier molecular flexibility index (Phi) is 5.45. The molecule has 0 amide bonds. The summed E-state index contributed by atoms with van der Waals surface area (Å²) in [4.78, 5) is 4.44. The number of phenols is 1. The minimum atomic E-state index is 0. The van der Waals surface area contributed by atoms with Crippen LogP contribution in [0.2, 0.25) is 10.0 Å². The summed E-state index contributed by atoms with van der Waals surface area (Å²) in [5.41, 5.74) is 3.20. The van der Waals surface area contributed by atoms with E-state index in [1.165, 1.54) is 0 Å². The SMILES string of the molecule is CN1CCN(c2ccc(Cl)c(Cl)c2)c2ccc(O)cc2C1.Cl. The van der Waals surface area contributed by atoms with Crippen LogP contribution >= 0.6 is 35.6 Å². The Labute approximate surface area is 146 Å². The van der Waals surface area contributed by atoms with E-state index in [2.05, 4.69) is 16.8 Å². The van der Waals surface area contributed by atoms with Gasteiger partial charge in [-0.05, 0) is 49.0 Å². The Morgan fingerprint density at radius 3 is 2.50 bits per heavy atom. The van der Waals surface area contributed by atoms with Gasteiger partial charge in [-0.1, -0.05) is 23.2 Å². The summed E-state index contributed by atoms with van der Waals surface area (Å²) in [7, 11) is 2.08. The quantitative estimate of drug-likeness (QED) is 0.799. The van der Waals surface area contributed by atoms with E-state index in [-0.39, 0.29) is 18.2 Å². The number of halogens is 3. The van der Waals surface area contributed by atoms with Crippen molar-refractivity contribution in [2.75, 3.05) is 25.0 Å². The van der Waals surface area contributed by atoms with Crippen molar-refractivity contribution >= 4 is 47.0 Å². The van der Waals surface area contributed by atoms with Crippen molar-refractivity contribution in [2.24, 2.45) is 0 Å². The Bertz CT molecular complexity index is 678. The molecule has 0 saturated carbocycles. The average Bonchev–Trinajstić information content (AvgIpc) is 2.60. The molecule has 1 heterocycles. The fraction of sp³-hybridized carbons (Fsp3) is 0.250. The molecule has 0 aromatic heterocycles. The van der Waals surface area contributed by atoms with Crippen molar-refractivity contribution in [2.45, 2.75) is 6.54 Å². The third kappa shape index (κ3) is 3.44. The molecule has 0 fully saturated rings. The summed E-state index contributed by atoms with van der Waals surface area (Å²) in [5.74, 6) is 0.290. The predicted molar refractivity (Wildman–Crippen MR) is 95.2 cm³/mol. The van der Waals surface area contributed by atoms with Crippen molar-refractivity contribution in [1.82, 2.24) is 4.90 Å². The number of fused-ring (bicyclic) bond motifs is 1. The van der Waals surface area contributed by atoms with Gasteiger partial charge in [-0.15, -0.1) is 12.4 Å². The lowest BCUT2D eigenvalue weighted by molar-refractivity contribution is 0.343. The molecule has 2 aromatic carbocycles. The van der Waals surface area contributed by atoms with E-state index in [1.807, 2.05) is 30.3 Å². The van der Waals surface area contributed by atoms with E-state index in [4.69, 9.17) is 23.2 Å². The van der Waals surface area contributed by atoms with Crippen LogP contribution in [0.4, 0.5) is 11.4 Å². The van der Waals surface area contributed by atoms with Crippen LogP contribution < -0.4 is 4.90 Å². The number of phenolic OH excluding ortho intramolecular Hbond substituents is 1. The van der Waals surface area contributed by atoms with Crippen molar-refractivity contribution < 1.29 is 5.11 Å². The molecule has 0 bridgehead atoms. The highest BCUT2D eigenvalue weighted by molar-refractivity contribution is 6.42. The highest BCUT2D eigenvalue weighted by Gasteiger charge is 2.20. The second-order valence-corrected chi connectivity index (χ2v) is 6.12. The van der Waals surface area contributed by atoms with E-state index in [0.29, 0.717) is 10.0 Å². The van der Waals surface area contributed by atoms with E-state index in [9.17, 15) is 5.11 Å². The molecule has 0 aliphatic carbocycles. The highest BCUT2D eigenvalue weighted by Crippen LogP contribution is 2.35. The molecule has 1 N–H and O–H groups in total. The molecule has 0 atom stereocenters. The van der Waals surface area contributed by atoms with Gasteiger partial charge in [0.15, 0.2) is 0 Å². The molecular weight excluding hydrogens is 343 g/mol. The zero-order valence-corrected chi connectivity index (χ0v) is 14.4. The van der Waals surface area contributed by atoms with Crippen LogP contribution in [-0.4, -0.2) is 30.1 Å². The number of likely N-dealkylation sites (N-methyl/N-ethyl adjacent to an activating group) is 1. The Hall–Kier alpha value is -1.13. The molecule has 0 unspecified atom stereocenters. The number of anilines is 2. The highest BCUT2D eigenvalue weighted by atomic mass is 35.5. The first-order valence-electron chi connectivity index (χ1n) is 6.77. The molecule has 0 saturated heterocycles. The molecule has 118 valence electrons. The predicted octanol–water partition coefficient (Wildman–Crippen LogP) is 4.70. The minimum absolute atomic E-state index is 0. The molecule has 1 aliphatic heterocycles. The van der Waals surface area contributed by atoms with Crippen LogP contribution in [0.3, 0.4) is 0 Å². The van der Waals surface area contributed by atoms with Crippen LogP contribution in [0.5, 0.6) is 5.75 Å². The van der Waals surface area contributed by atoms with Gasteiger partial charge in [-0.3, -0.25) is 0 Å². The first kappa shape index (κ1) is 17.2. The summed E-state index contributed by atoms with van der Waals surface area (Å²) in [6.07, 6.45) is 0. The maximum Gasteiger partial charge on any atom is 0.116 e. The Morgan fingerprint density at radius 1 is 1.00 bits per heavy atom. The number of aromatic hydroxyl groups is 1. The van der Waals surface area contributed by atoms with E-state index in [1.54, 1.807) is 6.07 Å². The third-order valence-corrected chi connectivity index (χ3v) is 4.45. The van der Waals surface area contributed by atoms with Gasteiger partial charge in [0.05, 0.1) is 10.0 Å². The number of nitrogens with zero attached hydrogens (tertiary/aromatic N) is 2. The van der Waals surface area contributed by atoms with Gasteiger partial charge < -0.3 is 14.9 Å². The smallest absolute Gasteiger partial charge is 0.116 e. The second kappa shape index (κ2) is 6.97. The summed E-state index contributed by atoms with van der Waals surface area (Å²) in [6.45, 7) is 2.59. The van der Waals surface area contributed by atoms with Gasteiger partial charge in [0.1, 0.15) is 5.75 Å². The molecule has 3 rings (SSSR count). The van der Waals surface area contributed by atoms with Gasteiger partial charge in [-0.25, -0.2) is 0 Å². The van der Waals surface area contributed by atoms with Crippen molar-refractivity contribution in [3.05, 3.63) is 52.0 Å². The molecule has 3 nitrogen and oxygen atoms in total. The van der Waals surface area contributed by atoms with E-state index >= 15 is 0 Å². The topological polar surface area (TPSA) is 26.7 Å². The monoisotopic (exact) mass is 358 g/mol.